The maximum atomic E-state index is 13.2. The van der Waals surface area contributed by atoms with E-state index in [4.69, 9.17) is 0 Å². The molecule has 0 aliphatic carbocycles. The second kappa shape index (κ2) is 11.7. The first-order chi connectivity index (χ1) is 11.7. The minimum atomic E-state index is -0.204. The van der Waals surface area contributed by atoms with Crippen molar-refractivity contribution in [3.8, 4) is 0 Å². The van der Waals surface area contributed by atoms with Gasteiger partial charge in [0.1, 0.15) is 5.82 Å². The van der Waals surface area contributed by atoms with Crippen LogP contribution in [0.3, 0.4) is 0 Å². The lowest BCUT2D eigenvalue weighted by Crippen LogP contribution is -2.39. The van der Waals surface area contributed by atoms with Crippen LogP contribution in [0.4, 0.5) is 10.1 Å². The average Bonchev–Trinajstić information content (AvgIpc) is 3.10. The van der Waals surface area contributed by atoms with Gasteiger partial charge in [0.15, 0.2) is 5.96 Å². The molecule has 1 aromatic carbocycles. The summed E-state index contributed by atoms with van der Waals surface area (Å²) in [4.78, 5) is 6.26. The highest BCUT2D eigenvalue weighted by Crippen LogP contribution is 2.13. The van der Waals surface area contributed by atoms with Crippen LogP contribution in [0.2, 0.25) is 0 Å². The molecule has 5 nitrogen and oxygen atoms in total. The van der Waals surface area contributed by atoms with Gasteiger partial charge in [0.25, 0.3) is 0 Å². The van der Waals surface area contributed by atoms with E-state index in [2.05, 4.69) is 20.2 Å². The molecule has 0 aliphatic rings. The Hall–Kier alpha value is -1.77. The molecule has 0 amide bonds. The zero-order valence-corrected chi connectivity index (χ0v) is 17.1. The standard InChI is InChI=1S/C18H26FN5.HI/c1-20-18(22-10-14-24-12-3-4-13-24)21-9-6-11-23(2)17-8-5-7-16(19)15-17;/h3-5,7-8,12-13,15H,6,9-11,14H2,1-2H3,(H2,20,21,22);1H. The Balaban J connectivity index is 0.00000312. The fraction of sp³-hybridized carbons (Fsp3) is 0.389. The van der Waals surface area contributed by atoms with E-state index in [0.29, 0.717) is 0 Å². The molecule has 138 valence electrons. The van der Waals surface area contributed by atoms with Gasteiger partial charge in [-0.25, -0.2) is 4.39 Å². The van der Waals surface area contributed by atoms with E-state index in [9.17, 15) is 4.39 Å². The molecule has 2 aromatic rings. The van der Waals surface area contributed by atoms with Crippen LogP contribution in [-0.2, 0) is 6.54 Å². The smallest absolute Gasteiger partial charge is 0.191 e. The fourth-order valence-electron chi connectivity index (χ4n) is 2.41. The molecule has 1 aromatic heterocycles. The number of guanidine groups is 1. The van der Waals surface area contributed by atoms with Gasteiger partial charge < -0.3 is 20.1 Å². The monoisotopic (exact) mass is 459 g/mol. The van der Waals surface area contributed by atoms with Gasteiger partial charge in [-0.15, -0.1) is 24.0 Å². The average molecular weight is 459 g/mol. The van der Waals surface area contributed by atoms with Crippen LogP contribution in [0.5, 0.6) is 0 Å². The maximum absolute atomic E-state index is 13.2. The Bertz CT molecular complexity index is 630. The number of benzene rings is 1. The molecule has 7 heteroatoms. The van der Waals surface area contributed by atoms with Crippen LogP contribution in [0.25, 0.3) is 0 Å². The zero-order chi connectivity index (χ0) is 17.2. The number of aromatic nitrogens is 1. The third-order valence-corrected chi connectivity index (χ3v) is 3.76. The lowest BCUT2D eigenvalue weighted by Gasteiger charge is -2.20. The quantitative estimate of drug-likeness (QED) is 0.276. The van der Waals surface area contributed by atoms with Crippen LogP contribution >= 0.6 is 24.0 Å². The van der Waals surface area contributed by atoms with E-state index in [1.54, 1.807) is 19.2 Å². The molecule has 0 bridgehead atoms. The van der Waals surface area contributed by atoms with Gasteiger partial charge >= 0.3 is 0 Å². The van der Waals surface area contributed by atoms with Crippen LogP contribution in [-0.4, -0.2) is 44.3 Å². The predicted octanol–water partition coefficient (Wildman–Crippen LogP) is 2.94. The van der Waals surface area contributed by atoms with Crippen molar-refractivity contribution in [1.82, 2.24) is 15.2 Å². The van der Waals surface area contributed by atoms with Gasteiger partial charge in [-0.1, -0.05) is 6.07 Å². The minimum Gasteiger partial charge on any atom is -0.374 e. The highest BCUT2D eigenvalue weighted by atomic mass is 127. The summed E-state index contributed by atoms with van der Waals surface area (Å²) in [6, 6.07) is 10.7. The Kier molecular flexibility index (Phi) is 9.98. The first-order valence-electron chi connectivity index (χ1n) is 8.21. The van der Waals surface area contributed by atoms with Crippen LogP contribution in [0.15, 0.2) is 53.8 Å². The number of rotatable bonds is 8. The SMILES string of the molecule is CN=C(NCCCN(C)c1cccc(F)c1)NCCn1cccc1.I. The number of nitrogens with one attached hydrogen (secondary N) is 2. The summed E-state index contributed by atoms with van der Waals surface area (Å²) in [6.45, 7) is 3.37. The number of hydrogen-bond donors (Lipinski definition) is 2. The molecular formula is C18H27FIN5. The Morgan fingerprint density at radius 3 is 2.56 bits per heavy atom. The molecule has 0 unspecified atom stereocenters. The molecule has 1 heterocycles. The number of anilines is 1. The van der Waals surface area contributed by atoms with Crippen molar-refractivity contribution in [1.29, 1.82) is 0 Å². The second-order valence-corrected chi connectivity index (χ2v) is 5.60. The summed E-state index contributed by atoms with van der Waals surface area (Å²) in [7, 11) is 3.74. The van der Waals surface area contributed by atoms with Gasteiger partial charge in [0, 0.05) is 58.4 Å². The number of aliphatic imine (C=N–C) groups is 1. The summed E-state index contributed by atoms with van der Waals surface area (Å²) in [5, 5.41) is 6.59. The first-order valence-corrected chi connectivity index (χ1v) is 8.21. The van der Waals surface area contributed by atoms with Crippen LogP contribution < -0.4 is 15.5 Å². The largest absolute Gasteiger partial charge is 0.374 e. The van der Waals surface area contributed by atoms with E-state index in [-0.39, 0.29) is 29.8 Å². The Morgan fingerprint density at radius 2 is 1.88 bits per heavy atom. The van der Waals surface area contributed by atoms with E-state index >= 15 is 0 Å². The molecule has 0 radical (unpaired) electrons. The lowest BCUT2D eigenvalue weighted by molar-refractivity contribution is 0.626. The zero-order valence-electron chi connectivity index (χ0n) is 14.8. The third-order valence-electron chi connectivity index (χ3n) is 3.76. The second-order valence-electron chi connectivity index (χ2n) is 5.60. The molecule has 2 N–H and O–H groups in total. The van der Waals surface area contributed by atoms with E-state index in [1.807, 2.05) is 42.5 Å². The summed E-state index contributed by atoms with van der Waals surface area (Å²) in [5.41, 5.74) is 0.893. The summed E-state index contributed by atoms with van der Waals surface area (Å²) in [6.07, 6.45) is 5.02. The highest BCUT2D eigenvalue weighted by Gasteiger charge is 2.02. The van der Waals surface area contributed by atoms with Crippen molar-refractivity contribution in [2.45, 2.75) is 13.0 Å². The predicted molar refractivity (Wildman–Crippen MR) is 113 cm³/mol. The van der Waals surface area contributed by atoms with Gasteiger partial charge in [-0.3, -0.25) is 4.99 Å². The number of halogens is 2. The number of nitrogens with zero attached hydrogens (tertiary/aromatic N) is 3. The molecule has 25 heavy (non-hydrogen) atoms. The third kappa shape index (κ3) is 7.76. The molecule has 0 atom stereocenters. The maximum Gasteiger partial charge on any atom is 0.191 e. The van der Waals surface area contributed by atoms with Gasteiger partial charge in [0.2, 0.25) is 0 Å². The Morgan fingerprint density at radius 1 is 1.16 bits per heavy atom. The van der Waals surface area contributed by atoms with Crippen molar-refractivity contribution >= 4 is 35.6 Å². The van der Waals surface area contributed by atoms with Crippen molar-refractivity contribution < 1.29 is 4.39 Å². The minimum absolute atomic E-state index is 0. The summed E-state index contributed by atoms with van der Waals surface area (Å²) >= 11 is 0. The molecule has 2 rings (SSSR count). The van der Waals surface area contributed by atoms with Gasteiger partial charge in [-0.2, -0.15) is 0 Å². The molecular weight excluding hydrogens is 432 g/mol. The fourth-order valence-corrected chi connectivity index (χ4v) is 2.41. The highest BCUT2D eigenvalue weighted by molar-refractivity contribution is 14.0. The molecule has 0 saturated carbocycles. The van der Waals surface area contributed by atoms with E-state index in [0.717, 1.165) is 44.2 Å². The Labute approximate surface area is 166 Å². The van der Waals surface area contributed by atoms with Crippen molar-refractivity contribution in [3.05, 3.63) is 54.6 Å². The molecule has 0 saturated heterocycles. The number of hydrogen-bond acceptors (Lipinski definition) is 2. The molecule has 0 spiro atoms. The normalized spacial score (nSPS) is 10.9. The van der Waals surface area contributed by atoms with E-state index < -0.39 is 0 Å². The van der Waals surface area contributed by atoms with Gasteiger partial charge in [-0.05, 0) is 36.8 Å². The van der Waals surface area contributed by atoms with Crippen molar-refractivity contribution in [3.63, 3.8) is 0 Å². The van der Waals surface area contributed by atoms with Gasteiger partial charge in [0.05, 0.1) is 0 Å². The lowest BCUT2D eigenvalue weighted by atomic mass is 10.2. The summed E-state index contributed by atoms with van der Waals surface area (Å²) < 4.78 is 15.3. The first kappa shape index (κ1) is 21.3. The summed E-state index contributed by atoms with van der Waals surface area (Å²) in [5.74, 6) is 0.598. The molecule has 0 fully saturated rings. The molecule has 0 aliphatic heterocycles. The topological polar surface area (TPSA) is 44.6 Å². The van der Waals surface area contributed by atoms with Crippen LogP contribution in [0.1, 0.15) is 6.42 Å². The van der Waals surface area contributed by atoms with Crippen molar-refractivity contribution in [2.24, 2.45) is 4.99 Å². The van der Waals surface area contributed by atoms with E-state index in [1.165, 1.54) is 6.07 Å². The van der Waals surface area contributed by atoms with Crippen LogP contribution in [0, 0.1) is 5.82 Å². The van der Waals surface area contributed by atoms with Crippen molar-refractivity contribution in [2.75, 3.05) is 38.6 Å².